The van der Waals surface area contributed by atoms with Crippen molar-refractivity contribution < 1.29 is 23.1 Å². The molecule has 156 valence electrons. The number of aliphatic hydroxyl groups is 1. The van der Waals surface area contributed by atoms with Crippen molar-refractivity contribution in [3.63, 3.8) is 0 Å². The minimum atomic E-state index is -3.82. The van der Waals surface area contributed by atoms with E-state index in [1.165, 1.54) is 21.3 Å². The second-order valence-electron chi connectivity index (χ2n) is 8.00. The van der Waals surface area contributed by atoms with E-state index in [0.717, 1.165) is 0 Å². The predicted octanol–water partition coefficient (Wildman–Crippen LogP) is 2.48. The van der Waals surface area contributed by atoms with Crippen LogP contribution >= 0.6 is 0 Å². The van der Waals surface area contributed by atoms with Crippen LogP contribution < -0.4 is 0 Å². The average molecular weight is 411 g/mol. The fraction of sp³-hybridized carbons (Fsp3) is 0.550. The lowest BCUT2D eigenvalue weighted by atomic mass is 10.1. The Hall–Kier alpha value is -1.90. The van der Waals surface area contributed by atoms with Crippen LogP contribution in [0.5, 0.6) is 0 Å². The summed E-state index contributed by atoms with van der Waals surface area (Å²) in [5, 5.41) is 9.94. The van der Waals surface area contributed by atoms with Crippen LogP contribution in [0.1, 0.15) is 27.2 Å². The number of benzene rings is 1. The number of rotatable bonds is 5. The number of hydrogen-bond acceptors (Lipinski definition) is 5. The third-order valence-electron chi connectivity index (χ3n) is 4.47. The second-order valence-corrected chi connectivity index (χ2v) is 9.89. The third kappa shape index (κ3) is 5.56. The van der Waals surface area contributed by atoms with E-state index in [9.17, 15) is 18.3 Å². The van der Waals surface area contributed by atoms with Crippen molar-refractivity contribution in [1.82, 2.24) is 9.21 Å². The summed E-state index contributed by atoms with van der Waals surface area (Å²) in [6, 6.07) is 7.37. The number of carbonyl (C=O) groups is 1. The molecular formula is C20H30N2O5S. The van der Waals surface area contributed by atoms with Gasteiger partial charge in [-0.25, -0.2) is 13.2 Å². The maximum absolute atomic E-state index is 13.2. The minimum Gasteiger partial charge on any atom is -0.444 e. The molecule has 0 radical (unpaired) electrons. The van der Waals surface area contributed by atoms with E-state index in [1.54, 1.807) is 45.0 Å². The number of ether oxygens (including phenoxy) is 1. The van der Waals surface area contributed by atoms with Crippen molar-refractivity contribution in [3.8, 4) is 0 Å². The Balaban J connectivity index is 2.37. The molecule has 1 aromatic rings. The summed E-state index contributed by atoms with van der Waals surface area (Å²) < 4.78 is 33.2. The molecule has 1 aliphatic rings. The number of amides is 1. The Morgan fingerprint density at radius 1 is 1.25 bits per heavy atom. The summed E-state index contributed by atoms with van der Waals surface area (Å²) in [6.07, 6.45) is 1.74. The molecule has 1 unspecified atom stereocenters. The first-order valence-electron chi connectivity index (χ1n) is 9.35. The first-order valence-corrected chi connectivity index (χ1v) is 10.8. The topological polar surface area (TPSA) is 87.2 Å². The highest BCUT2D eigenvalue weighted by Crippen LogP contribution is 2.26. The van der Waals surface area contributed by atoms with Crippen LogP contribution in [-0.4, -0.2) is 66.7 Å². The smallest absolute Gasteiger partial charge is 0.410 e. The van der Waals surface area contributed by atoms with Crippen molar-refractivity contribution in [2.45, 2.75) is 43.7 Å². The van der Waals surface area contributed by atoms with Gasteiger partial charge in [-0.3, -0.25) is 0 Å². The molecule has 0 bridgehead atoms. The maximum atomic E-state index is 13.2. The molecule has 1 heterocycles. The SMILES string of the molecule is C=CCC1CN(C(=O)OC(C)(C)C)C[C@H](CO)N(S(=O)(=O)c2ccccc2)C1. The van der Waals surface area contributed by atoms with Gasteiger partial charge >= 0.3 is 6.09 Å². The Morgan fingerprint density at radius 3 is 2.43 bits per heavy atom. The van der Waals surface area contributed by atoms with Crippen molar-refractivity contribution in [2.75, 3.05) is 26.2 Å². The monoisotopic (exact) mass is 410 g/mol. The first kappa shape index (κ1) is 22.4. The summed E-state index contributed by atoms with van der Waals surface area (Å²) in [5.74, 6) is -0.153. The van der Waals surface area contributed by atoms with E-state index >= 15 is 0 Å². The third-order valence-corrected chi connectivity index (χ3v) is 6.40. The van der Waals surface area contributed by atoms with E-state index in [4.69, 9.17) is 4.74 Å². The lowest BCUT2D eigenvalue weighted by Gasteiger charge is -2.30. The van der Waals surface area contributed by atoms with Crippen LogP contribution in [0.15, 0.2) is 47.9 Å². The van der Waals surface area contributed by atoms with Gasteiger partial charge in [-0.15, -0.1) is 6.58 Å². The molecule has 1 saturated heterocycles. The number of nitrogens with zero attached hydrogens (tertiary/aromatic N) is 2. The van der Waals surface area contributed by atoms with Crippen LogP contribution in [0.2, 0.25) is 0 Å². The molecule has 2 atom stereocenters. The highest BCUT2D eigenvalue weighted by atomic mass is 32.2. The average Bonchev–Trinajstić information content (AvgIpc) is 2.81. The van der Waals surface area contributed by atoms with Gasteiger partial charge in [0, 0.05) is 19.6 Å². The van der Waals surface area contributed by atoms with E-state index in [0.29, 0.717) is 13.0 Å². The number of allylic oxidation sites excluding steroid dienone is 1. The van der Waals surface area contributed by atoms with Gasteiger partial charge in [0.05, 0.1) is 17.5 Å². The maximum Gasteiger partial charge on any atom is 0.410 e. The van der Waals surface area contributed by atoms with Gasteiger partial charge < -0.3 is 14.7 Å². The minimum absolute atomic E-state index is 0.0606. The molecule has 0 saturated carbocycles. The highest BCUT2D eigenvalue weighted by Gasteiger charge is 2.39. The zero-order valence-electron chi connectivity index (χ0n) is 16.7. The number of hydrogen-bond donors (Lipinski definition) is 1. The molecule has 0 aliphatic carbocycles. The largest absolute Gasteiger partial charge is 0.444 e. The second kappa shape index (κ2) is 9.07. The zero-order valence-corrected chi connectivity index (χ0v) is 17.6. The van der Waals surface area contributed by atoms with Gasteiger partial charge in [0.2, 0.25) is 10.0 Å². The molecule has 0 aromatic heterocycles. The molecule has 28 heavy (non-hydrogen) atoms. The quantitative estimate of drug-likeness (QED) is 0.754. The number of sulfonamides is 1. The predicted molar refractivity (Wildman–Crippen MR) is 107 cm³/mol. The standard InChI is InChI=1S/C20H30N2O5S/c1-5-9-16-12-21(19(24)27-20(2,3)4)14-17(15-23)22(13-16)28(25,26)18-10-7-6-8-11-18/h5-8,10-11,16-17,23H,1,9,12-15H2,2-4H3/t16?,17-/m1/s1. The van der Waals surface area contributed by atoms with Gasteiger partial charge in [-0.1, -0.05) is 24.3 Å². The summed E-state index contributed by atoms with van der Waals surface area (Å²) in [4.78, 5) is 14.3. The Kier molecular flexibility index (Phi) is 7.25. The molecule has 7 nitrogen and oxygen atoms in total. The van der Waals surface area contributed by atoms with Gasteiger partial charge in [0.25, 0.3) is 0 Å². The summed E-state index contributed by atoms with van der Waals surface area (Å²) in [7, 11) is -3.82. The van der Waals surface area contributed by atoms with Crippen LogP contribution in [0.4, 0.5) is 4.79 Å². The highest BCUT2D eigenvalue weighted by molar-refractivity contribution is 7.89. The molecule has 2 rings (SSSR count). The molecular weight excluding hydrogens is 380 g/mol. The molecule has 1 aliphatic heterocycles. The van der Waals surface area contributed by atoms with Crippen LogP contribution in [0.3, 0.4) is 0 Å². The van der Waals surface area contributed by atoms with E-state index in [-0.39, 0.29) is 23.9 Å². The van der Waals surface area contributed by atoms with Gasteiger partial charge in [0.1, 0.15) is 5.60 Å². The molecule has 1 amide bonds. The van der Waals surface area contributed by atoms with Crippen molar-refractivity contribution in [2.24, 2.45) is 5.92 Å². The fourth-order valence-electron chi connectivity index (χ4n) is 3.22. The van der Waals surface area contributed by atoms with Gasteiger partial charge in [-0.05, 0) is 45.2 Å². The fourth-order valence-corrected chi connectivity index (χ4v) is 4.93. The number of carbonyl (C=O) groups excluding carboxylic acids is 1. The molecule has 1 N–H and O–H groups in total. The van der Waals surface area contributed by atoms with Gasteiger partial charge in [-0.2, -0.15) is 4.31 Å². The Bertz CT molecular complexity index is 774. The summed E-state index contributed by atoms with van der Waals surface area (Å²) in [6.45, 7) is 9.26. The van der Waals surface area contributed by atoms with Crippen molar-refractivity contribution in [3.05, 3.63) is 43.0 Å². The zero-order chi connectivity index (χ0) is 20.9. The first-order chi connectivity index (χ1) is 13.1. The normalized spacial score (nSPS) is 21.8. The van der Waals surface area contributed by atoms with E-state index < -0.39 is 34.4 Å². The molecule has 1 aromatic carbocycles. The molecule has 1 fully saturated rings. The summed E-state index contributed by atoms with van der Waals surface area (Å²) >= 11 is 0. The van der Waals surface area contributed by atoms with Crippen molar-refractivity contribution >= 4 is 16.1 Å². The Morgan fingerprint density at radius 2 is 1.89 bits per heavy atom. The lowest BCUT2D eigenvalue weighted by molar-refractivity contribution is 0.0211. The van der Waals surface area contributed by atoms with Crippen LogP contribution in [0, 0.1) is 5.92 Å². The number of aliphatic hydroxyl groups excluding tert-OH is 1. The van der Waals surface area contributed by atoms with E-state index in [1.807, 2.05) is 0 Å². The molecule has 0 spiro atoms. The Labute approximate surface area is 167 Å². The molecule has 8 heteroatoms. The lowest BCUT2D eigenvalue weighted by Crippen LogP contribution is -2.48. The van der Waals surface area contributed by atoms with Gasteiger partial charge in [0.15, 0.2) is 0 Å². The van der Waals surface area contributed by atoms with Crippen LogP contribution in [0.25, 0.3) is 0 Å². The van der Waals surface area contributed by atoms with Crippen molar-refractivity contribution in [1.29, 1.82) is 0 Å². The van der Waals surface area contributed by atoms with Crippen LogP contribution in [-0.2, 0) is 14.8 Å². The van der Waals surface area contributed by atoms with E-state index in [2.05, 4.69) is 6.58 Å². The summed E-state index contributed by atoms with van der Waals surface area (Å²) in [5.41, 5.74) is -0.665.